The molecule has 7 atom stereocenters. The lowest BCUT2D eigenvalue weighted by Crippen LogP contribution is -2.61. The van der Waals surface area contributed by atoms with Crippen LogP contribution in [-0.2, 0) is 0 Å². The molecule has 7 unspecified atom stereocenters. The topological polar surface area (TPSA) is 79.2 Å². The van der Waals surface area contributed by atoms with Gasteiger partial charge in [-0.2, -0.15) is 0 Å². The maximum atomic E-state index is 15.0. The molecule has 3 fully saturated rings. The number of benzene rings is 2. The molecular formula is C30H33FN4O2. The first-order chi connectivity index (χ1) is 18.0. The highest BCUT2D eigenvalue weighted by Gasteiger charge is 2.57. The molecule has 2 amide bonds. The quantitative estimate of drug-likeness (QED) is 0.417. The summed E-state index contributed by atoms with van der Waals surface area (Å²) >= 11 is 0. The monoisotopic (exact) mass is 500 g/mol. The number of para-hydroxylation sites is 1. The third-order valence-electron chi connectivity index (χ3n) is 9.95. The highest BCUT2D eigenvalue weighted by atomic mass is 19.1. The molecule has 192 valence electrons. The average Bonchev–Trinajstić information content (AvgIpc) is 3.47. The van der Waals surface area contributed by atoms with Crippen molar-refractivity contribution in [3.05, 3.63) is 72.4 Å². The van der Waals surface area contributed by atoms with Crippen molar-refractivity contribution < 1.29 is 14.3 Å². The largest absolute Gasteiger partial charge is 0.392 e. The van der Waals surface area contributed by atoms with Crippen molar-refractivity contribution in [2.45, 2.75) is 63.1 Å². The highest BCUT2D eigenvalue weighted by Crippen LogP contribution is 2.60. The SMILES string of the molecule is O=C(Nc1ccccc1)NC1C2CCC3CCC(C(O)CC4c5c(F)cccc5-c5cncn54)(C2)CC31. The Balaban J connectivity index is 1.11. The van der Waals surface area contributed by atoms with E-state index in [9.17, 15) is 9.90 Å². The lowest BCUT2D eigenvalue weighted by molar-refractivity contribution is -0.120. The van der Waals surface area contributed by atoms with Gasteiger partial charge in [-0.25, -0.2) is 14.2 Å². The van der Waals surface area contributed by atoms with Gasteiger partial charge in [-0.15, -0.1) is 0 Å². The van der Waals surface area contributed by atoms with Crippen LogP contribution in [0.5, 0.6) is 0 Å². The number of aromatic nitrogens is 2. The Hall–Kier alpha value is -3.19. The van der Waals surface area contributed by atoms with E-state index in [1.807, 2.05) is 41.0 Å². The summed E-state index contributed by atoms with van der Waals surface area (Å²) in [6.07, 6.45) is 9.69. The van der Waals surface area contributed by atoms with Gasteiger partial charge in [0.05, 0.1) is 30.4 Å². The second-order valence-electron chi connectivity index (χ2n) is 11.7. The van der Waals surface area contributed by atoms with Gasteiger partial charge in [-0.1, -0.05) is 30.3 Å². The van der Waals surface area contributed by atoms with Crippen LogP contribution in [0.25, 0.3) is 11.3 Å². The Morgan fingerprint density at radius 2 is 1.95 bits per heavy atom. The normalized spacial score (nSPS) is 31.9. The van der Waals surface area contributed by atoms with Crippen LogP contribution >= 0.6 is 0 Å². The van der Waals surface area contributed by atoms with E-state index in [2.05, 4.69) is 15.6 Å². The van der Waals surface area contributed by atoms with Gasteiger partial charge in [0.1, 0.15) is 5.82 Å². The molecule has 0 radical (unpaired) electrons. The Kier molecular flexibility index (Phi) is 5.39. The molecule has 3 bridgehead atoms. The molecule has 0 saturated heterocycles. The number of hydrogen-bond donors (Lipinski definition) is 3. The van der Waals surface area contributed by atoms with Crippen LogP contribution < -0.4 is 10.6 Å². The summed E-state index contributed by atoms with van der Waals surface area (Å²) in [5, 5.41) is 18.2. The van der Waals surface area contributed by atoms with Gasteiger partial charge in [0.15, 0.2) is 0 Å². The maximum absolute atomic E-state index is 15.0. The van der Waals surface area contributed by atoms with Gasteiger partial charge in [0, 0.05) is 22.9 Å². The van der Waals surface area contributed by atoms with Crippen molar-refractivity contribution in [2.24, 2.45) is 23.2 Å². The van der Waals surface area contributed by atoms with Crippen molar-refractivity contribution in [3.8, 4) is 11.3 Å². The number of imidazole rings is 1. The number of carbonyl (C=O) groups is 1. The standard InChI is InChI=1S/C30H33FN4O2/c31-23-8-4-7-21-25-16-32-17-35(25)24(27(21)23)13-26(36)30-12-11-18-9-10-19(14-30)28(22(18)15-30)34-29(37)33-20-5-2-1-3-6-20/h1-8,16-19,22,24,26,28,36H,9-15H2,(H2,33,34,37). The smallest absolute Gasteiger partial charge is 0.319 e. The van der Waals surface area contributed by atoms with Gasteiger partial charge in [-0.3, -0.25) is 0 Å². The molecule has 0 spiro atoms. The highest BCUT2D eigenvalue weighted by molar-refractivity contribution is 5.89. The summed E-state index contributed by atoms with van der Waals surface area (Å²) in [5.41, 5.74) is 3.08. The summed E-state index contributed by atoms with van der Waals surface area (Å²) in [6, 6.07) is 14.5. The lowest BCUT2D eigenvalue weighted by atomic mass is 9.48. The number of aliphatic hydroxyl groups is 1. The summed E-state index contributed by atoms with van der Waals surface area (Å²) < 4.78 is 17.0. The van der Waals surface area contributed by atoms with Crippen molar-refractivity contribution in [1.82, 2.24) is 14.9 Å². The first-order valence-electron chi connectivity index (χ1n) is 13.6. The summed E-state index contributed by atoms with van der Waals surface area (Å²) in [5.74, 6) is 1.09. The minimum absolute atomic E-state index is 0.132. The molecule has 6 nitrogen and oxygen atoms in total. The van der Waals surface area contributed by atoms with Crippen molar-refractivity contribution >= 4 is 11.7 Å². The minimum atomic E-state index is -0.540. The number of hydrogen-bond acceptors (Lipinski definition) is 3. The van der Waals surface area contributed by atoms with E-state index in [0.717, 1.165) is 49.0 Å². The Bertz CT molecular complexity index is 1320. The molecule has 3 saturated carbocycles. The molecule has 3 N–H and O–H groups in total. The number of fused-ring (bicyclic) bond motifs is 5. The fourth-order valence-electron chi connectivity index (χ4n) is 8.29. The second-order valence-corrected chi connectivity index (χ2v) is 11.7. The number of carbonyl (C=O) groups excluding carboxylic acids is 1. The van der Waals surface area contributed by atoms with E-state index in [4.69, 9.17) is 0 Å². The fourth-order valence-corrected chi connectivity index (χ4v) is 8.29. The number of halogens is 1. The number of anilines is 1. The molecule has 37 heavy (non-hydrogen) atoms. The minimum Gasteiger partial charge on any atom is -0.392 e. The first-order valence-corrected chi connectivity index (χ1v) is 13.6. The molecule has 4 aliphatic rings. The van der Waals surface area contributed by atoms with Gasteiger partial charge in [0.25, 0.3) is 0 Å². The van der Waals surface area contributed by atoms with Gasteiger partial charge in [-0.05, 0) is 86.3 Å². The van der Waals surface area contributed by atoms with Crippen molar-refractivity contribution in [2.75, 3.05) is 5.32 Å². The average molecular weight is 501 g/mol. The van der Waals surface area contributed by atoms with Gasteiger partial charge >= 0.3 is 6.03 Å². The predicted molar refractivity (Wildman–Crippen MR) is 139 cm³/mol. The molecule has 7 heteroatoms. The van der Waals surface area contributed by atoms with E-state index >= 15 is 4.39 Å². The number of urea groups is 1. The number of rotatable bonds is 5. The van der Waals surface area contributed by atoms with E-state index in [0.29, 0.717) is 29.7 Å². The molecule has 3 aliphatic carbocycles. The molecular weight excluding hydrogens is 467 g/mol. The fraction of sp³-hybridized carbons (Fsp3) is 0.467. The molecule has 3 aromatic rings. The zero-order valence-electron chi connectivity index (χ0n) is 20.8. The number of amides is 2. The van der Waals surface area contributed by atoms with Crippen molar-refractivity contribution in [1.29, 1.82) is 0 Å². The van der Waals surface area contributed by atoms with E-state index in [-0.39, 0.29) is 29.3 Å². The van der Waals surface area contributed by atoms with Gasteiger partial charge < -0.3 is 20.3 Å². The van der Waals surface area contributed by atoms with Crippen LogP contribution in [0.2, 0.25) is 0 Å². The van der Waals surface area contributed by atoms with E-state index in [1.54, 1.807) is 18.6 Å². The third kappa shape index (κ3) is 3.69. The van der Waals surface area contributed by atoms with Crippen LogP contribution in [0, 0.1) is 29.0 Å². The maximum Gasteiger partial charge on any atom is 0.319 e. The second kappa shape index (κ2) is 8.69. The molecule has 1 aromatic heterocycles. The summed E-state index contributed by atoms with van der Waals surface area (Å²) in [7, 11) is 0. The van der Waals surface area contributed by atoms with Crippen LogP contribution in [0.1, 0.15) is 56.6 Å². The van der Waals surface area contributed by atoms with E-state index in [1.165, 1.54) is 12.5 Å². The molecule has 2 heterocycles. The third-order valence-corrected chi connectivity index (χ3v) is 9.95. The Labute approximate surface area is 216 Å². The van der Waals surface area contributed by atoms with Crippen molar-refractivity contribution in [3.63, 3.8) is 0 Å². The van der Waals surface area contributed by atoms with Crippen LogP contribution in [0.4, 0.5) is 14.9 Å². The number of nitrogens with zero attached hydrogens (tertiary/aromatic N) is 2. The summed E-state index contributed by atoms with van der Waals surface area (Å²) in [4.78, 5) is 17.2. The van der Waals surface area contributed by atoms with Crippen LogP contribution in [-0.4, -0.2) is 32.8 Å². The van der Waals surface area contributed by atoms with Crippen LogP contribution in [0.15, 0.2) is 61.1 Å². The predicted octanol–water partition coefficient (Wildman–Crippen LogP) is 5.75. The summed E-state index contributed by atoms with van der Waals surface area (Å²) in [6.45, 7) is 0. The lowest BCUT2D eigenvalue weighted by Gasteiger charge is -2.60. The zero-order chi connectivity index (χ0) is 25.1. The molecule has 2 aromatic carbocycles. The number of nitrogens with one attached hydrogen (secondary N) is 2. The Morgan fingerprint density at radius 1 is 1.11 bits per heavy atom. The molecule has 7 rings (SSSR count). The van der Waals surface area contributed by atoms with Gasteiger partial charge in [0.2, 0.25) is 0 Å². The Morgan fingerprint density at radius 3 is 2.81 bits per heavy atom. The van der Waals surface area contributed by atoms with E-state index < -0.39 is 6.10 Å². The first kappa shape index (κ1) is 23.0. The number of aliphatic hydroxyl groups excluding tert-OH is 1. The zero-order valence-corrected chi connectivity index (χ0v) is 20.8. The molecule has 1 aliphatic heterocycles. The van der Waals surface area contributed by atoms with Crippen LogP contribution in [0.3, 0.4) is 0 Å².